The minimum Gasteiger partial charge on any atom is -0.304 e. The first-order valence-corrected chi connectivity index (χ1v) is 7.22. The minimum atomic E-state index is 0.144. The first kappa shape index (κ1) is 13.0. The molecule has 0 fully saturated rings. The van der Waals surface area contributed by atoms with Gasteiger partial charge in [-0.25, -0.2) is 4.98 Å². The van der Waals surface area contributed by atoms with Gasteiger partial charge < -0.3 is 4.90 Å². The van der Waals surface area contributed by atoms with Crippen molar-refractivity contribution in [2.24, 2.45) is 0 Å². The topological polar surface area (TPSA) is 16.1 Å². The second kappa shape index (κ2) is 4.67. The maximum absolute atomic E-state index is 4.70. The first-order chi connectivity index (χ1) is 7.88. The number of nitrogens with zero attached hydrogens (tertiary/aromatic N) is 2. The molecule has 0 unspecified atom stereocenters. The van der Waals surface area contributed by atoms with Gasteiger partial charge in [-0.1, -0.05) is 15.9 Å². The lowest BCUT2D eigenvalue weighted by molar-refractivity contribution is 0.195. The first-order valence-electron chi connectivity index (χ1n) is 5.61. The Kier molecular flexibility index (Phi) is 3.57. The molecule has 0 spiro atoms. The van der Waals surface area contributed by atoms with Crippen molar-refractivity contribution in [3.05, 3.63) is 27.7 Å². The van der Waals surface area contributed by atoms with Crippen LogP contribution in [-0.4, -0.2) is 29.5 Å². The van der Waals surface area contributed by atoms with Crippen molar-refractivity contribution in [2.45, 2.75) is 25.8 Å². The van der Waals surface area contributed by atoms with Crippen LogP contribution in [-0.2, 0) is 6.42 Å². The molecular weight excluding hydrogens is 296 g/mol. The number of benzene rings is 1. The number of fused-ring (bicyclic) bond motifs is 1. The van der Waals surface area contributed by atoms with Crippen LogP contribution in [0.4, 0.5) is 0 Å². The van der Waals surface area contributed by atoms with Gasteiger partial charge in [-0.3, -0.25) is 0 Å². The van der Waals surface area contributed by atoms with Crippen molar-refractivity contribution in [1.82, 2.24) is 9.88 Å². The van der Waals surface area contributed by atoms with Crippen molar-refractivity contribution in [3.8, 4) is 0 Å². The van der Waals surface area contributed by atoms with Gasteiger partial charge in [0.05, 0.1) is 15.2 Å². The number of aromatic nitrogens is 1. The lowest BCUT2D eigenvalue weighted by atomic mass is 10.00. The highest BCUT2D eigenvalue weighted by Crippen LogP contribution is 2.28. The summed E-state index contributed by atoms with van der Waals surface area (Å²) in [6.07, 6.45) is 0.983. The molecule has 1 aromatic heterocycles. The summed E-state index contributed by atoms with van der Waals surface area (Å²) in [5.41, 5.74) is 1.24. The molecule has 0 aliphatic rings. The molecule has 17 heavy (non-hydrogen) atoms. The van der Waals surface area contributed by atoms with E-state index >= 15 is 0 Å². The molecule has 0 aliphatic carbocycles. The molecule has 2 rings (SSSR count). The maximum atomic E-state index is 4.70. The summed E-state index contributed by atoms with van der Waals surface area (Å²) >= 11 is 5.27. The third-order valence-corrected chi connectivity index (χ3v) is 4.72. The molecule has 0 atom stereocenters. The zero-order valence-corrected chi connectivity index (χ0v) is 13.0. The van der Waals surface area contributed by atoms with Crippen LogP contribution < -0.4 is 0 Å². The summed E-state index contributed by atoms with van der Waals surface area (Å²) in [7, 11) is 4.23. The molecule has 1 aromatic carbocycles. The highest BCUT2D eigenvalue weighted by atomic mass is 79.9. The van der Waals surface area contributed by atoms with Crippen LogP contribution in [0.15, 0.2) is 22.7 Å². The number of hydrogen-bond acceptors (Lipinski definition) is 3. The fourth-order valence-corrected chi connectivity index (χ4v) is 3.07. The van der Waals surface area contributed by atoms with Gasteiger partial charge >= 0.3 is 0 Å². The smallest absolute Gasteiger partial charge is 0.0956 e. The van der Waals surface area contributed by atoms with Gasteiger partial charge in [-0.05, 0) is 46.1 Å². The Morgan fingerprint density at radius 1 is 1.35 bits per heavy atom. The molecule has 0 amide bonds. The van der Waals surface area contributed by atoms with Crippen LogP contribution in [0.1, 0.15) is 18.9 Å². The molecule has 1 heterocycles. The molecule has 92 valence electrons. The summed E-state index contributed by atoms with van der Waals surface area (Å²) in [6.45, 7) is 4.49. The van der Waals surface area contributed by atoms with Crippen molar-refractivity contribution >= 4 is 37.5 Å². The SMILES string of the molecule is CN(C)C(C)(C)Cc1nc2cc(Br)ccc2s1. The average molecular weight is 313 g/mol. The second-order valence-corrected chi connectivity index (χ2v) is 7.13. The summed E-state index contributed by atoms with van der Waals surface area (Å²) in [5, 5.41) is 1.21. The van der Waals surface area contributed by atoms with Crippen LogP contribution in [0.3, 0.4) is 0 Å². The molecule has 2 aromatic rings. The summed E-state index contributed by atoms with van der Waals surface area (Å²) < 4.78 is 2.35. The molecule has 0 N–H and O–H groups in total. The van der Waals surface area contributed by atoms with Gasteiger partial charge in [0.25, 0.3) is 0 Å². The standard InChI is InChI=1S/C13H17BrN2S/c1-13(2,16(3)4)8-12-15-10-7-9(14)5-6-11(10)17-12/h5-7H,8H2,1-4H3. The fourth-order valence-electron chi connectivity index (χ4n) is 1.55. The molecule has 0 aliphatic heterocycles. The van der Waals surface area contributed by atoms with Gasteiger partial charge in [0.15, 0.2) is 0 Å². The average Bonchev–Trinajstić information content (AvgIpc) is 2.57. The Morgan fingerprint density at radius 3 is 2.71 bits per heavy atom. The van der Waals surface area contributed by atoms with Crippen molar-refractivity contribution in [3.63, 3.8) is 0 Å². The summed E-state index contributed by atoms with van der Waals surface area (Å²) in [4.78, 5) is 6.95. The van der Waals surface area contributed by atoms with Gasteiger partial charge in [0.1, 0.15) is 0 Å². The van der Waals surface area contributed by atoms with Gasteiger partial charge in [-0.2, -0.15) is 0 Å². The summed E-state index contributed by atoms with van der Waals surface area (Å²) in [5.74, 6) is 0. The fraction of sp³-hybridized carbons (Fsp3) is 0.462. The van der Waals surface area contributed by atoms with E-state index in [0.29, 0.717) is 0 Å². The Hall–Kier alpha value is -0.450. The number of likely N-dealkylation sites (N-methyl/N-ethyl adjacent to an activating group) is 1. The monoisotopic (exact) mass is 312 g/mol. The highest BCUT2D eigenvalue weighted by Gasteiger charge is 2.22. The molecule has 0 radical (unpaired) electrons. The molecule has 2 nitrogen and oxygen atoms in total. The summed E-state index contributed by atoms with van der Waals surface area (Å²) in [6, 6.07) is 6.28. The predicted molar refractivity (Wildman–Crippen MR) is 78.8 cm³/mol. The lowest BCUT2D eigenvalue weighted by Crippen LogP contribution is -2.40. The number of halogens is 1. The third kappa shape index (κ3) is 2.87. The van der Waals surface area contributed by atoms with E-state index in [1.165, 1.54) is 9.71 Å². The van der Waals surface area contributed by atoms with E-state index in [1.807, 2.05) is 0 Å². The van der Waals surface area contributed by atoms with E-state index in [0.717, 1.165) is 16.4 Å². The van der Waals surface area contributed by atoms with Gasteiger partial charge in [0, 0.05) is 16.4 Å². The zero-order valence-electron chi connectivity index (χ0n) is 10.6. The van der Waals surface area contributed by atoms with Gasteiger partial charge in [0.2, 0.25) is 0 Å². The van der Waals surface area contributed by atoms with E-state index in [4.69, 9.17) is 4.98 Å². The molecule has 0 bridgehead atoms. The molecular formula is C13H17BrN2S. The lowest BCUT2D eigenvalue weighted by Gasteiger charge is -2.31. The largest absolute Gasteiger partial charge is 0.304 e. The third-order valence-electron chi connectivity index (χ3n) is 3.19. The van der Waals surface area contributed by atoms with Crippen LogP contribution in [0, 0.1) is 0 Å². The van der Waals surface area contributed by atoms with Crippen LogP contribution in [0.5, 0.6) is 0 Å². The van der Waals surface area contributed by atoms with Crippen molar-refractivity contribution in [2.75, 3.05) is 14.1 Å². The normalized spacial score (nSPS) is 12.6. The predicted octanol–water partition coefficient (Wildman–Crippen LogP) is 3.94. The maximum Gasteiger partial charge on any atom is 0.0956 e. The van der Waals surface area contributed by atoms with Crippen molar-refractivity contribution < 1.29 is 0 Å². The Bertz CT molecular complexity index is 531. The Morgan fingerprint density at radius 2 is 2.06 bits per heavy atom. The molecule has 0 saturated carbocycles. The molecule has 4 heteroatoms. The number of thiazole rings is 1. The number of rotatable bonds is 3. The minimum absolute atomic E-state index is 0.144. The van der Waals surface area contributed by atoms with E-state index < -0.39 is 0 Å². The zero-order chi connectivity index (χ0) is 12.6. The van der Waals surface area contributed by atoms with Crippen LogP contribution in [0.2, 0.25) is 0 Å². The van der Waals surface area contributed by atoms with E-state index in [9.17, 15) is 0 Å². The molecule has 0 saturated heterocycles. The quantitative estimate of drug-likeness (QED) is 0.853. The van der Waals surface area contributed by atoms with E-state index in [-0.39, 0.29) is 5.54 Å². The second-order valence-electron chi connectivity index (χ2n) is 5.10. The Labute approximate surface area is 115 Å². The van der Waals surface area contributed by atoms with Gasteiger partial charge in [-0.15, -0.1) is 11.3 Å². The van der Waals surface area contributed by atoms with E-state index in [2.05, 4.69) is 67.0 Å². The van der Waals surface area contributed by atoms with E-state index in [1.54, 1.807) is 11.3 Å². The van der Waals surface area contributed by atoms with Crippen molar-refractivity contribution in [1.29, 1.82) is 0 Å². The van der Waals surface area contributed by atoms with Crippen LogP contribution >= 0.6 is 27.3 Å². The number of hydrogen-bond donors (Lipinski definition) is 0. The van der Waals surface area contributed by atoms with Crippen LogP contribution in [0.25, 0.3) is 10.2 Å². The Balaban J connectivity index is 2.31. The highest BCUT2D eigenvalue weighted by molar-refractivity contribution is 9.10.